The van der Waals surface area contributed by atoms with Crippen LogP contribution in [0.4, 0.5) is 0 Å². The van der Waals surface area contributed by atoms with Crippen LogP contribution in [0.3, 0.4) is 0 Å². The van der Waals surface area contributed by atoms with Gasteiger partial charge >= 0.3 is 0 Å². The molecule has 2 heterocycles. The van der Waals surface area contributed by atoms with Crippen molar-refractivity contribution >= 4 is 17.2 Å². The van der Waals surface area contributed by atoms with Gasteiger partial charge in [0, 0.05) is 30.6 Å². The van der Waals surface area contributed by atoms with Crippen molar-refractivity contribution in [2.24, 2.45) is 0 Å². The van der Waals surface area contributed by atoms with E-state index in [1.165, 1.54) is 24.1 Å². The number of thiophene rings is 1. The second kappa shape index (κ2) is 8.81. The molecular formula is C18H28N2O2S. The van der Waals surface area contributed by atoms with Crippen LogP contribution in [0.5, 0.6) is 0 Å². The molecule has 2 aliphatic rings. The Bertz CT molecular complexity index is 465. The first kappa shape index (κ1) is 16.9. The highest BCUT2D eigenvalue weighted by molar-refractivity contribution is 7.09. The second-order valence-corrected chi connectivity index (χ2v) is 7.82. The SMILES string of the molecule is O=C(CN(Cc1cccs1)C[C@@H]1CCCO1)NC1CCCCC1. The van der Waals surface area contributed by atoms with E-state index in [-0.39, 0.29) is 12.0 Å². The van der Waals surface area contributed by atoms with E-state index in [1.807, 2.05) is 0 Å². The lowest BCUT2D eigenvalue weighted by molar-refractivity contribution is -0.123. The first-order chi connectivity index (χ1) is 11.3. The number of nitrogens with zero attached hydrogens (tertiary/aromatic N) is 1. The van der Waals surface area contributed by atoms with Crippen LogP contribution in [0.15, 0.2) is 17.5 Å². The van der Waals surface area contributed by atoms with E-state index in [2.05, 4.69) is 27.7 Å². The van der Waals surface area contributed by atoms with Crippen LogP contribution in [0.1, 0.15) is 49.8 Å². The predicted molar refractivity (Wildman–Crippen MR) is 93.6 cm³/mol. The smallest absolute Gasteiger partial charge is 0.234 e. The Morgan fingerprint density at radius 1 is 1.26 bits per heavy atom. The van der Waals surface area contributed by atoms with Crippen molar-refractivity contribution in [2.45, 2.75) is 63.6 Å². The summed E-state index contributed by atoms with van der Waals surface area (Å²) in [6.45, 7) is 3.05. The predicted octanol–water partition coefficient (Wildman–Crippen LogP) is 3.18. The largest absolute Gasteiger partial charge is 0.377 e. The fourth-order valence-electron chi connectivity index (χ4n) is 3.61. The highest BCUT2D eigenvalue weighted by atomic mass is 32.1. The minimum Gasteiger partial charge on any atom is -0.377 e. The Hall–Kier alpha value is -0.910. The van der Waals surface area contributed by atoms with Gasteiger partial charge in [-0.25, -0.2) is 0 Å². The molecule has 1 amide bonds. The lowest BCUT2D eigenvalue weighted by atomic mass is 9.95. The lowest BCUT2D eigenvalue weighted by Crippen LogP contribution is -2.44. The van der Waals surface area contributed by atoms with Crippen molar-refractivity contribution in [3.8, 4) is 0 Å². The molecule has 0 radical (unpaired) electrons. The molecule has 1 atom stereocenters. The number of hydrogen-bond donors (Lipinski definition) is 1. The summed E-state index contributed by atoms with van der Waals surface area (Å²) in [6, 6.07) is 4.61. The van der Waals surface area contributed by atoms with Crippen LogP contribution in [0.25, 0.3) is 0 Å². The second-order valence-electron chi connectivity index (χ2n) is 6.79. The van der Waals surface area contributed by atoms with Crippen molar-refractivity contribution in [3.05, 3.63) is 22.4 Å². The Balaban J connectivity index is 1.51. The van der Waals surface area contributed by atoms with Gasteiger partial charge in [-0.05, 0) is 37.1 Å². The maximum atomic E-state index is 12.4. The van der Waals surface area contributed by atoms with Crippen LogP contribution >= 0.6 is 11.3 Å². The number of nitrogens with one attached hydrogen (secondary N) is 1. The number of amides is 1. The maximum absolute atomic E-state index is 12.4. The van der Waals surface area contributed by atoms with Crippen molar-refractivity contribution in [3.63, 3.8) is 0 Å². The third kappa shape index (κ3) is 5.59. The summed E-state index contributed by atoms with van der Waals surface area (Å²) in [7, 11) is 0. The van der Waals surface area contributed by atoms with Crippen molar-refractivity contribution in [2.75, 3.05) is 19.7 Å². The summed E-state index contributed by atoms with van der Waals surface area (Å²) >= 11 is 1.76. The number of ether oxygens (including phenoxy) is 1. The van der Waals surface area contributed by atoms with Gasteiger partial charge in [0.15, 0.2) is 0 Å². The molecule has 1 saturated carbocycles. The molecule has 1 N–H and O–H groups in total. The van der Waals surface area contributed by atoms with Crippen LogP contribution < -0.4 is 5.32 Å². The number of hydrogen-bond acceptors (Lipinski definition) is 4. The molecular weight excluding hydrogens is 308 g/mol. The van der Waals surface area contributed by atoms with Gasteiger partial charge < -0.3 is 10.1 Å². The van der Waals surface area contributed by atoms with Crippen molar-refractivity contribution in [1.29, 1.82) is 0 Å². The van der Waals surface area contributed by atoms with Gasteiger partial charge in [0.2, 0.25) is 5.91 Å². The van der Waals surface area contributed by atoms with Crippen molar-refractivity contribution < 1.29 is 9.53 Å². The zero-order valence-corrected chi connectivity index (χ0v) is 14.7. The number of rotatable bonds is 7. The van der Waals surface area contributed by atoms with E-state index in [0.29, 0.717) is 12.6 Å². The van der Waals surface area contributed by atoms with E-state index in [0.717, 1.165) is 45.4 Å². The molecule has 3 rings (SSSR count). The Labute approximate surface area is 143 Å². The molecule has 1 saturated heterocycles. The molecule has 0 bridgehead atoms. The van der Waals surface area contributed by atoms with Crippen molar-refractivity contribution in [1.82, 2.24) is 10.2 Å². The third-order valence-corrected chi connectivity index (χ3v) is 5.64. The van der Waals surface area contributed by atoms with Gasteiger partial charge in [-0.1, -0.05) is 25.3 Å². The first-order valence-electron chi connectivity index (χ1n) is 8.95. The minimum absolute atomic E-state index is 0.173. The normalized spacial score (nSPS) is 22.6. The van der Waals surface area contributed by atoms with Gasteiger partial charge in [0.25, 0.3) is 0 Å². The first-order valence-corrected chi connectivity index (χ1v) is 9.83. The maximum Gasteiger partial charge on any atom is 0.234 e. The quantitative estimate of drug-likeness (QED) is 0.831. The molecule has 1 aliphatic carbocycles. The van der Waals surface area contributed by atoms with Crippen LogP contribution in [0, 0.1) is 0 Å². The zero-order chi connectivity index (χ0) is 15.9. The molecule has 1 aromatic heterocycles. The fourth-order valence-corrected chi connectivity index (χ4v) is 4.35. The molecule has 1 aliphatic heterocycles. The molecule has 128 valence electrons. The standard InChI is InChI=1S/C18H28N2O2S/c21-18(19-15-6-2-1-3-7-15)14-20(12-16-8-4-10-22-16)13-17-9-5-11-23-17/h5,9,11,15-16H,1-4,6-8,10,12-14H2,(H,19,21)/t16-/m0/s1. The minimum atomic E-state index is 0.173. The molecule has 2 fully saturated rings. The van der Waals surface area contributed by atoms with Crippen LogP contribution in [0.2, 0.25) is 0 Å². The molecule has 0 spiro atoms. The van der Waals surface area contributed by atoms with E-state index >= 15 is 0 Å². The monoisotopic (exact) mass is 336 g/mol. The molecule has 1 aromatic rings. The van der Waals surface area contributed by atoms with E-state index in [9.17, 15) is 4.79 Å². The van der Waals surface area contributed by atoms with Crippen LogP contribution in [-0.2, 0) is 16.1 Å². The third-order valence-electron chi connectivity index (χ3n) is 4.78. The van der Waals surface area contributed by atoms with E-state index in [4.69, 9.17) is 4.74 Å². The summed E-state index contributed by atoms with van der Waals surface area (Å²) < 4.78 is 5.76. The highest BCUT2D eigenvalue weighted by Crippen LogP contribution is 2.19. The molecule has 4 nitrogen and oxygen atoms in total. The number of carbonyl (C=O) groups excluding carboxylic acids is 1. The topological polar surface area (TPSA) is 41.6 Å². The Morgan fingerprint density at radius 2 is 2.13 bits per heavy atom. The van der Waals surface area contributed by atoms with Crippen LogP contribution in [-0.4, -0.2) is 42.6 Å². The number of carbonyl (C=O) groups is 1. The average Bonchev–Trinajstić information content (AvgIpc) is 3.22. The van der Waals surface area contributed by atoms with Gasteiger partial charge in [-0.2, -0.15) is 0 Å². The lowest BCUT2D eigenvalue weighted by Gasteiger charge is -2.27. The molecule has 23 heavy (non-hydrogen) atoms. The van der Waals surface area contributed by atoms with E-state index in [1.54, 1.807) is 11.3 Å². The average molecular weight is 337 g/mol. The summed E-state index contributed by atoms with van der Waals surface area (Å²) in [5.74, 6) is 0.173. The van der Waals surface area contributed by atoms with Gasteiger partial charge in [0.05, 0.1) is 12.6 Å². The molecule has 0 unspecified atom stereocenters. The Morgan fingerprint density at radius 3 is 2.83 bits per heavy atom. The molecule has 0 aromatic carbocycles. The summed E-state index contributed by atoms with van der Waals surface area (Å²) in [6.07, 6.45) is 8.65. The highest BCUT2D eigenvalue weighted by Gasteiger charge is 2.22. The van der Waals surface area contributed by atoms with E-state index < -0.39 is 0 Å². The molecule has 5 heteroatoms. The van der Waals surface area contributed by atoms with Gasteiger partial charge in [-0.3, -0.25) is 9.69 Å². The Kier molecular flexibility index (Phi) is 6.48. The zero-order valence-electron chi connectivity index (χ0n) is 13.8. The fraction of sp³-hybridized carbons (Fsp3) is 0.722. The summed E-state index contributed by atoms with van der Waals surface area (Å²) in [5, 5.41) is 5.33. The summed E-state index contributed by atoms with van der Waals surface area (Å²) in [5.41, 5.74) is 0. The summed E-state index contributed by atoms with van der Waals surface area (Å²) in [4.78, 5) is 16.0. The van der Waals surface area contributed by atoms with Gasteiger partial charge in [-0.15, -0.1) is 11.3 Å². The van der Waals surface area contributed by atoms with Gasteiger partial charge in [0.1, 0.15) is 0 Å².